The number of carboxylic acids is 1. The lowest BCUT2D eigenvalue weighted by atomic mass is 10.1. The number of primary amides is 1. The van der Waals surface area contributed by atoms with Gasteiger partial charge in [0.15, 0.2) is 6.61 Å². The Balaban J connectivity index is 2.79. The highest BCUT2D eigenvalue weighted by molar-refractivity contribution is 5.97. The van der Waals surface area contributed by atoms with Crippen LogP contribution in [0, 0.1) is 0 Å². The maximum Gasteiger partial charge on any atom is 0.341 e. The van der Waals surface area contributed by atoms with Crippen LogP contribution < -0.4 is 21.5 Å². The number of carbonyl (C=O) groups is 3. The summed E-state index contributed by atoms with van der Waals surface area (Å²) in [5.41, 5.74) is 9.96. The summed E-state index contributed by atoms with van der Waals surface area (Å²) < 4.78 is 4.96. The molecule has 0 heterocycles. The Morgan fingerprint density at radius 3 is 2.56 bits per heavy atom. The van der Waals surface area contributed by atoms with E-state index in [4.69, 9.17) is 21.3 Å². The second-order valence-electron chi connectivity index (χ2n) is 3.23. The monoisotopic (exact) mass is 253 g/mol. The van der Waals surface area contributed by atoms with Gasteiger partial charge in [0.2, 0.25) is 0 Å². The number of hydrogen-bond donors (Lipinski definition) is 4. The minimum Gasteiger partial charge on any atom is -0.483 e. The fraction of sp³-hybridized carbons (Fsp3) is 0.100. The summed E-state index contributed by atoms with van der Waals surface area (Å²) in [6.45, 7) is -0.549. The van der Waals surface area contributed by atoms with Crippen LogP contribution in [0.4, 0.5) is 10.5 Å². The number of rotatable bonds is 4. The van der Waals surface area contributed by atoms with Crippen molar-refractivity contribution in [3.05, 3.63) is 23.8 Å². The molecule has 0 radical (unpaired) electrons. The van der Waals surface area contributed by atoms with Gasteiger partial charge in [-0.25, -0.2) is 9.59 Å². The predicted molar refractivity (Wildman–Crippen MR) is 61.0 cm³/mol. The van der Waals surface area contributed by atoms with Gasteiger partial charge in [0.05, 0.1) is 0 Å². The summed E-state index contributed by atoms with van der Waals surface area (Å²) in [5, 5.41) is 10.7. The van der Waals surface area contributed by atoms with E-state index in [1.54, 1.807) is 5.32 Å². The first-order valence-electron chi connectivity index (χ1n) is 4.75. The van der Waals surface area contributed by atoms with Gasteiger partial charge in [-0.15, -0.1) is 0 Å². The van der Waals surface area contributed by atoms with Gasteiger partial charge in [0.25, 0.3) is 5.91 Å². The summed E-state index contributed by atoms with van der Waals surface area (Å²) in [4.78, 5) is 32.4. The quantitative estimate of drug-likeness (QED) is 0.534. The maximum atomic E-state index is 11.1. The molecule has 18 heavy (non-hydrogen) atoms. The summed E-state index contributed by atoms with van der Waals surface area (Å²) >= 11 is 0. The minimum absolute atomic E-state index is 0.00955. The molecule has 0 saturated carbocycles. The van der Waals surface area contributed by atoms with Crippen molar-refractivity contribution in [2.24, 2.45) is 5.73 Å². The average molecular weight is 253 g/mol. The zero-order valence-electron chi connectivity index (χ0n) is 9.17. The third-order valence-corrected chi connectivity index (χ3v) is 1.89. The summed E-state index contributed by atoms with van der Waals surface area (Å²) in [5.74, 6) is -2.14. The van der Waals surface area contributed by atoms with E-state index in [0.717, 1.165) is 0 Å². The van der Waals surface area contributed by atoms with Gasteiger partial charge in [-0.05, 0) is 12.1 Å². The van der Waals surface area contributed by atoms with Crippen molar-refractivity contribution in [2.45, 2.75) is 0 Å². The zero-order chi connectivity index (χ0) is 13.7. The number of aromatic carboxylic acids is 1. The maximum absolute atomic E-state index is 11.1. The molecule has 3 amide bonds. The Morgan fingerprint density at radius 2 is 2.00 bits per heavy atom. The number of nitrogens with two attached hydrogens (primary N) is 2. The Labute approximate surface area is 102 Å². The minimum atomic E-state index is -1.28. The van der Waals surface area contributed by atoms with Gasteiger partial charge in [0, 0.05) is 5.69 Å². The third kappa shape index (κ3) is 3.37. The lowest BCUT2D eigenvalue weighted by molar-refractivity contribution is -0.121. The summed E-state index contributed by atoms with van der Waals surface area (Å²) in [6.07, 6.45) is 0. The summed E-state index contributed by atoms with van der Waals surface area (Å²) in [6, 6.07) is 3.19. The number of anilines is 1. The first kappa shape index (κ1) is 13.3. The van der Waals surface area contributed by atoms with Crippen molar-refractivity contribution in [1.82, 2.24) is 5.32 Å². The smallest absolute Gasteiger partial charge is 0.341 e. The fourth-order valence-electron chi connectivity index (χ4n) is 1.21. The van der Waals surface area contributed by atoms with Gasteiger partial charge < -0.3 is 21.3 Å². The van der Waals surface area contributed by atoms with Gasteiger partial charge >= 0.3 is 12.0 Å². The number of amides is 3. The average Bonchev–Trinajstić information content (AvgIpc) is 2.24. The molecule has 0 aliphatic heterocycles. The van der Waals surface area contributed by atoms with E-state index < -0.39 is 24.5 Å². The fourth-order valence-corrected chi connectivity index (χ4v) is 1.21. The van der Waals surface area contributed by atoms with E-state index in [1.807, 2.05) is 0 Å². The second-order valence-corrected chi connectivity index (χ2v) is 3.23. The highest BCUT2D eigenvalue weighted by atomic mass is 16.5. The molecule has 0 spiro atoms. The van der Waals surface area contributed by atoms with E-state index in [1.165, 1.54) is 18.2 Å². The third-order valence-electron chi connectivity index (χ3n) is 1.89. The van der Waals surface area contributed by atoms with Crippen molar-refractivity contribution in [1.29, 1.82) is 0 Å². The lowest BCUT2D eigenvalue weighted by Gasteiger charge is -2.09. The molecule has 0 saturated heterocycles. The molecule has 96 valence electrons. The molecule has 1 aromatic carbocycles. The van der Waals surface area contributed by atoms with Crippen LogP contribution in [0.2, 0.25) is 0 Å². The normalized spacial score (nSPS) is 9.56. The van der Waals surface area contributed by atoms with Gasteiger partial charge in [-0.3, -0.25) is 10.1 Å². The Hall–Kier alpha value is -2.77. The van der Waals surface area contributed by atoms with E-state index in [2.05, 4.69) is 0 Å². The van der Waals surface area contributed by atoms with E-state index in [-0.39, 0.29) is 17.0 Å². The molecule has 1 rings (SSSR count). The number of nitrogen functional groups attached to an aromatic ring is 1. The molecule has 6 N–H and O–H groups in total. The molecule has 8 nitrogen and oxygen atoms in total. The van der Waals surface area contributed by atoms with Crippen LogP contribution >= 0.6 is 0 Å². The Kier molecular flexibility index (Phi) is 4.08. The first-order valence-corrected chi connectivity index (χ1v) is 4.75. The van der Waals surface area contributed by atoms with Crippen molar-refractivity contribution in [3.8, 4) is 5.75 Å². The molecular weight excluding hydrogens is 242 g/mol. The van der Waals surface area contributed by atoms with Crippen LogP contribution in [0.5, 0.6) is 5.75 Å². The van der Waals surface area contributed by atoms with Crippen LogP contribution in [0.1, 0.15) is 10.4 Å². The van der Waals surface area contributed by atoms with Crippen LogP contribution in [-0.4, -0.2) is 29.6 Å². The van der Waals surface area contributed by atoms with Gasteiger partial charge in [-0.1, -0.05) is 6.07 Å². The van der Waals surface area contributed by atoms with Crippen LogP contribution in [0.15, 0.2) is 18.2 Å². The predicted octanol–water partition coefficient (Wildman–Crippen LogP) is -0.459. The van der Waals surface area contributed by atoms with E-state index in [0.29, 0.717) is 0 Å². The van der Waals surface area contributed by atoms with Crippen LogP contribution in [0.3, 0.4) is 0 Å². The van der Waals surface area contributed by atoms with Crippen molar-refractivity contribution < 1.29 is 24.2 Å². The second kappa shape index (κ2) is 5.53. The standard InChI is InChI=1S/C10H11N3O5/c11-5-2-1-3-6(8(5)9(15)16)18-4-7(14)13-10(12)17/h1-3H,4,11H2,(H,15,16)(H3,12,13,14,17). The number of ether oxygens (including phenoxy) is 1. The lowest BCUT2D eigenvalue weighted by Crippen LogP contribution is -2.38. The number of carbonyl (C=O) groups excluding carboxylic acids is 2. The largest absolute Gasteiger partial charge is 0.483 e. The van der Waals surface area contributed by atoms with Crippen LogP contribution in [0.25, 0.3) is 0 Å². The molecule has 0 unspecified atom stereocenters. The highest BCUT2D eigenvalue weighted by Gasteiger charge is 2.16. The molecule has 0 aliphatic rings. The van der Waals surface area contributed by atoms with Crippen molar-refractivity contribution in [2.75, 3.05) is 12.3 Å². The number of imide groups is 1. The van der Waals surface area contributed by atoms with Crippen molar-refractivity contribution >= 4 is 23.6 Å². The van der Waals surface area contributed by atoms with Crippen LogP contribution in [-0.2, 0) is 4.79 Å². The topological polar surface area (TPSA) is 145 Å². The molecule has 0 atom stereocenters. The van der Waals surface area contributed by atoms with E-state index in [9.17, 15) is 14.4 Å². The molecule has 0 aromatic heterocycles. The van der Waals surface area contributed by atoms with Crippen molar-refractivity contribution in [3.63, 3.8) is 0 Å². The first-order chi connectivity index (χ1) is 8.41. The number of hydrogen-bond acceptors (Lipinski definition) is 5. The molecule has 0 bridgehead atoms. The molecule has 0 aliphatic carbocycles. The number of carboxylic acid groups (broad SMARTS) is 1. The molecular formula is C10H11N3O5. The molecule has 0 fully saturated rings. The molecule has 1 aromatic rings. The Morgan fingerprint density at radius 1 is 1.33 bits per heavy atom. The van der Waals surface area contributed by atoms with Gasteiger partial charge in [-0.2, -0.15) is 0 Å². The number of nitrogens with one attached hydrogen (secondary N) is 1. The SMILES string of the molecule is NC(=O)NC(=O)COc1cccc(N)c1C(=O)O. The number of urea groups is 1. The van der Waals surface area contributed by atoms with E-state index >= 15 is 0 Å². The number of benzene rings is 1. The molecule has 8 heteroatoms. The highest BCUT2D eigenvalue weighted by Crippen LogP contribution is 2.24. The summed E-state index contributed by atoms with van der Waals surface area (Å²) in [7, 11) is 0. The zero-order valence-corrected chi connectivity index (χ0v) is 9.17. The Bertz CT molecular complexity index is 500. The van der Waals surface area contributed by atoms with Gasteiger partial charge in [0.1, 0.15) is 11.3 Å².